The lowest BCUT2D eigenvalue weighted by Gasteiger charge is -2.29. The molecular formula is C22H30N2O5. The van der Waals surface area contributed by atoms with Crippen LogP contribution < -0.4 is 15.0 Å². The molecule has 1 aromatic carbocycles. The zero-order chi connectivity index (χ0) is 20.4. The van der Waals surface area contributed by atoms with Crippen LogP contribution in [0.4, 0.5) is 0 Å². The number of hydrogen-bond donors (Lipinski definition) is 2. The summed E-state index contributed by atoms with van der Waals surface area (Å²) in [5.74, 6) is 1.27. The maximum absolute atomic E-state index is 13.1. The number of carbonyl (C=O) groups excluding carboxylic acids is 1. The number of aliphatic hydroxyl groups excluding tert-OH is 1. The van der Waals surface area contributed by atoms with E-state index in [1.807, 2.05) is 24.3 Å². The second kappa shape index (κ2) is 8.24. The number of likely N-dealkylation sites (tertiary alicyclic amines) is 1. The fraction of sp³-hybridized carbons (Fsp3) is 0.591. The van der Waals surface area contributed by atoms with Crippen molar-refractivity contribution in [2.75, 3.05) is 20.3 Å². The third-order valence-electron chi connectivity index (χ3n) is 6.14. The van der Waals surface area contributed by atoms with Gasteiger partial charge in [0, 0.05) is 12.1 Å². The molecule has 1 amide bonds. The van der Waals surface area contributed by atoms with Crippen molar-refractivity contribution in [1.82, 2.24) is 10.4 Å². The Hall–Kier alpha value is -2.25. The van der Waals surface area contributed by atoms with E-state index in [1.165, 1.54) is 12.8 Å². The largest absolute Gasteiger partial charge is 0.493 e. The van der Waals surface area contributed by atoms with Gasteiger partial charge in [0.15, 0.2) is 17.1 Å². The van der Waals surface area contributed by atoms with Gasteiger partial charge >= 0.3 is 0 Å². The molecule has 0 radical (unpaired) electrons. The maximum Gasteiger partial charge on any atom is 0.261 e. The molecule has 2 N–H and O–H groups in total. The highest BCUT2D eigenvalue weighted by molar-refractivity contribution is 5.90. The molecule has 0 spiro atoms. The van der Waals surface area contributed by atoms with Crippen LogP contribution >= 0.6 is 0 Å². The minimum Gasteiger partial charge on any atom is -0.493 e. The lowest BCUT2D eigenvalue weighted by molar-refractivity contribution is -0.154. The predicted molar refractivity (Wildman–Crippen MR) is 108 cm³/mol. The molecule has 7 heteroatoms. The Morgan fingerprint density at radius 2 is 2.07 bits per heavy atom. The van der Waals surface area contributed by atoms with Crippen LogP contribution in [-0.2, 0) is 9.63 Å². The van der Waals surface area contributed by atoms with Crippen LogP contribution in [0.15, 0.2) is 24.3 Å². The van der Waals surface area contributed by atoms with E-state index < -0.39 is 5.60 Å². The van der Waals surface area contributed by atoms with Gasteiger partial charge in [0.1, 0.15) is 0 Å². The summed E-state index contributed by atoms with van der Waals surface area (Å²) in [6.45, 7) is 2.38. The van der Waals surface area contributed by atoms with Crippen LogP contribution in [0.3, 0.4) is 0 Å². The fourth-order valence-corrected chi connectivity index (χ4v) is 4.44. The van der Waals surface area contributed by atoms with Gasteiger partial charge in [0.25, 0.3) is 5.91 Å². The van der Waals surface area contributed by atoms with Crippen molar-refractivity contribution in [3.05, 3.63) is 29.8 Å². The molecule has 29 heavy (non-hydrogen) atoms. The molecule has 0 bridgehead atoms. The zero-order valence-electron chi connectivity index (χ0n) is 17.1. The lowest BCUT2D eigenvalue weighted by atomic mass is 10.0. The Morgan fingerprint density at radius 1 is 1.28 bits per heavy atom. The van der Waals surface area contributed by atoms with Gasteiger partial charge in [-0.15, -0.1) is 0 Å². The summed E-state index contributed by atoms with van der Waals surface area (Å²) < 4.78 is 11.6. The maximum atomic E-state index is 13.1. The standard InChI is InChI=1S/C22H30N2O5/c1-22(21(26)24-11-5-6-16(24)14-25)13-18(23-29-22)15-9-10-19(27-2)20(12-15)28-17-7-3-4-8-17/h9-10,12-13,16-17,23,25H,3-8,11,14H2,1-2H3. The molecule has 0 aromatic heterocycles. The number of carbonyl (C=O) groups is 1. The normalized spacial score (nSPS) is 27.1. The van der Waals surface area contributed by atoms with Crippen molar-refractivity contribution in [2.24, 2.45) is 0 Å². The molecule has 3 aliphatic rings. The Balaban J connectivity index is 1.55. The fourth-order valence-electron chi connectivity index (χ4n) is 4.44. The van der Waals surface area contributed by atoms with Crippen LogP contribution in [0.5, 0.6) is 11.5 Å². The average Bonchev–Trinajstić information content (AvgIpc) is 3.48. The number of rotatable bonds is 6. The molecular weight excluding hydrogens is 372 g/mol. The highest BCUT2D eigenvalue weighted by Crippen LogP contribution is 2.36. The molecule has 4 rings (SSSR count). The van der Waals surface area contributed by atoms with Gasteiger partial charge in [-0.05, 0) is 69.7 Å². The van der Waals surface area contributed by atoms with E-state index in [1.54, 1.807) is 18.9 Å². The minimum absolute atomic E-state index is 0.0217. The monoisotopic (exact) mass is 402 g/mol. The first-order valence-corrected chi connectivity index (χ1v) is 10.5. The summed E-state index contributed by atoms with van der Waals surface area (Å²) >= 11 is 0. The van der Waals surface area contributed by atoms with Crippen molar-refractivity contribution in [2.45, 2.75) is 63.2 Å². The molecule has 1 saturated heterocycles. The molecule has 7 nitrogen and oxygen atoms in total. The van der Waals surface area contributed by atoms with Crippen LogP contribution in [0.1, 0.15) is 51.0 Å². The van der Waals surface area contributed by atoms with Crippen molar-refractivity contribution < 1.29 is 24.2 Å². The molecule has 1 aromatic rings. The number of aliphatic hydroxyl groups is 1. The first-order chi connectivity index (χ1) is 14.0. The summed E-state index contributed by atoms with van der Waals surface area (Å²) in [4.78, 5) is 20.5. The van der Waals surface area contributed by atoms with Crippen LogP contribution in [0.2, 0.25) is 0 Å². The quantitative estimate of drug-likeness (QED) is 0.762. The second-order valence-electron chi connectivity index (χ2n) is 8.24. The number of nitrogens with one attached hydrogen (secondary N) is 1. The molecule has 158 valence electrons. The number of nitrogens with zero attached hydrogens (tertiary/aromatic N) is 1. The van der Waals surface area contributed by atoms with E-state index in [0.717, 1.165) is 36.9 Å². The minimum atomic E-state index is -1.11. The van der Waals surface area contributed by atoms with Gasteiger partial charge in [-0.2, -0.15) is 0 Å². The number of ether oxygens (including phenoxy) is 2. The van der Waals surface area contributed by atoms with Gasteiger partial charge in [-0.25, -0.2) is 0 Å². The molecule has 2 unspecified atom stereocenters. The summed E-state index contributed by atoms with van der Waals surface area (Å²) in [5.41, 5.74) is 3.39. The summed E-state index contributed by atoms with van der Waals surface area (Å²) in [5, 5.41) is 9.55. The zero-order valence-corrected chi connectivity index (χ0v) is 17.1. The van der Waals surface area contributed by atoms with Crippen LogP contribution in [0, 0.1) is 0 Å². The smallest absolute Gasteiger partial charge is 0.261 e. The van der Waals surface area contributed by atoms with Gasteiger partial charge in [-0.1, -0.05) is 0 Å². The molecule has 2 atom stereocenters. The van der Waals surface area contributed by atoms with E-state index in [0.29, 0.717) is 18.0 Å². The molecule has 2 aliphatic heterocycles. The average molecular weight is 402 g/mol. The Morgan fingerprint density at radius 3 is 2.79 bits per heavy atom. The summed E-state index contributed by atoms with van der Waals surface area (Å²) in [6, 6.07) is 5.60. The third-order valence-corrected chi connectivity index (χ3v) is 6.14. The van der Waals surface area contributed by atoms with E-state index in [-0.39, 0.29) is 24.7 Å². The number of amides is 1. The van der Waals surface area contributed by atoms with Gasteiger partial charge in [-0.3, -0.25) is 15.1 Å². The summed E-state index contributed by atoms with van der Waals surface area (Å²) in [6.07, 6.45) is 8.26. The number of benzene rings is 1. The Bertz CT molecular complexity index is 789. The molecule has 2 heterocycles. The lowest BCUT2D eigenvalue weighted by Crippen LogP contribution is -2.49. The Kier molecular flexibility index (Phi) is 5.69. The third kappa shape index (κ3) is 3.94. The number of hydrogen-bond acceptors (Lipinski definition) is 6. The number of hydroxylamine groups is 1. The topological polar surface area (TPSA) is 80.3 Å². The van der Waals surface area contributed by atoms with Crippen molar-refractivity contribution in [3.8, 4) is 11.5 Å². The van der Waals surface area contributed by atoms with Crippen molar-refractivity contribution in [1.29, 1.82) is 0 Å². The van der Waals surface area contributed by atoms with Crippen LogP contribution in [0.25, 0.3) is 5.70 Å². The van der Waals surface area contributed by atoms with Crippen molar-refractivity contribution >= 4 is 11.6 Å². The summed E-state index contributed by atoms with van der Waals surface area (Å²) in [7, 11) is 1.63. The van der Waals surface area contributed by atoms with Gasteiger partial charge in [0.05, 0.1) is 31.6 Å². The highest BCUT2D eigenvalue weighted by atomic mass is 16.7. The van der Waals surface area contributed by atoms with Gasteiger partial charge in [0.2, 0.25) is 0 Å². The molecule has 1 saturated carbocycles. The second-order valence-corrected chi connectivity index (χ2v) is 8.24. The SMILES string of the molecule is COc1ccc(C2=CC(C)(C(=O)N3CCCC3CO)ON2)cc1OC1CCCC1. The van der Waals surface area contributed by atoms with Gasteiger partial charge < -0.3 is 19.5 Å². The van der Waals surface area contributed by atoms with E-state index in [4.69, 9.17) is 14.3 Å². The predicted octanol–water partition coefficient (Wildman–Crippen LogP) is 2.63. The van der Waals surface area contributed by atoms with Crippen molar-refractivity contribution in [3.63, 3.8) is 0 Å². The van der Waals surface area contributed by atoms with E-state index in [9.17, 15) is 9.90 Å². The highest BCUT2D eigenvalue weighted by Gasteiger charge is 2.44. The Labute approximate surface area is 171 Å². The van der Waals surface area contributed by atoms with E-state index >= 15 is 0 Å². The van der Waals surface area contributed by atoms with Crippen LogP contribution in [-0.4, -0.2) is 53.9 Å². The molecule has 2 fully saturated rings. The van der Waals surface area contributed by atoms with E-state index in [2.05, 4.69) is 5.48 Å². The molecule has 1 aliphatic carbocycles. The first kappa shape index (κ1) is 20.0. The first-order valence-electron chi connectivity index (χ1n) is 10.5. The number of methoxy groups -OCH3 is 1.